The number of carbonyl (C=O) groups is 1. The molecule has 1 heterocycles. The lowest BCUT2D eigenvalue weighted by Gasteiger charge is -2.01. The Bertz CT molecular complexity index is 301. The maximum absolute atomic E-state index is 11.2. The van der Waals surface area contributed by atoms with Gasteiger partial charge in [-0.25, -0.2) is 0 Å². The molecule has 0 aliphatic rings. The summed E-state index contributed by atoms with van der Waals surface area (Å²) < 4.78 is 0. The quantitative estimate of drug-likeness (QED) is 0.777. The van der Waals surface area contributed by atoms with Gasteiger partial charge in [-0.1, -0.05) is 11.6 Å². The number of hydrogen-bond donors (Lipinski definition) is 2. The number of amides is 1. The minimum atomic E-state index is -0.118. The number of aromatic nitrogens is 2. The molecule has 3 N–H and O–H groups in total. The van der Waals surface area contributed by atoms with Crippen LogP contribution in [-0.4, -0.2) is 22.6 Å². The van der Waals surface area contributed by atoms with E-state index in [2.05, 4.69) is 15.5 Å². The first-order valence-corrected chi connectivity index (χ1v) is 4.59. The van der Waals surface area contributed by atoms with Gasteiger partial charge in [0.05, 0.1) is 0 Å². The van der Waals surface area contributed by atoms with Crippen LogP contribution in [0.25, 0.3) is 0 Å². The summed E-state index contributed by atoms with van der Waals surface area (Å²) in [6.07, 6.45) is 1.05. The van der Waals surface area contributed by atoms with Gasteiger partial charge < -0.3 is 11.1 Å². The van der Waals surface area contributed by atoms with E-state index >= 15 is 0 Å². The van der Waals surface area contributed by atoms with Crippen LogP contribution in [0.3, 0.4) is 0 Å². The summed E-state index contributed by atoms with van der Waals surface area (Å²) in [5.41, 5.74) is 5.26. The topological polar surface area (TPSA) is 80.9 Å². The van der Waals surface area contributed by atoms with E-state index in [1.807, 2.05) is 0 Å². The molecule has 76 valence electrons. The second kappa shape index (κ2) is 5.51. The molecule has 0 spiro atoms. The summed E-state index contributed by atoms with van der Waals surface area (Å²) >= 11 is 5.53. The van der Waals surface area contributed by atoms with E-state index in [0.717, 1.165) is 0 Å². The van der Waals surface area contributed by atoms with Crippen molar-refractivity contribution in [3.63, 3.8) is 0 Å². The van der Waals surface area contributed by atoms with Gasteiger partial charge in [0.25, 0.3) is 0 Å². The fourth-order valence-electron chi connectivity index (χ4n) is 0.851. The predicted octanol–water partition coefficient (Wildman–Crippen LogP) is 0.807. The Hall–Kier alpha value is -1.20. The molecular weight excluding hydrogens is 204 g/mol. The first kappa shape index (κ1) is 10.9. The molecule has 0 fully saturated rings. The van der Waals surface area contributed by atoms with E-state index in [-0.39, 0.29) is 5.91 Å². The molecule has 0 atom stereocenters. The molecule has 0 bridgehead atoms. The van der Waals surface area contributed by atoms with Crippen molar-refractivity contribution in [3.8, 4) is 0 Å². The number of nitrogens with zero attached hydrogens (tertiary/aromatic N) is 2. The Morgan fingerprint density at radius 3 is 2.86 bits per heavy atom. The molecule has 0 aliphatic heterocycles. The van der Waals surface area contributed by atoms with Crippen LogP contribution in [0.4, 0.5) is 5.82 Å². The number of nitrogens with two attached hydrogens (primary N) is 1. The van der Waals surface area contributed by atoms with E-state index in [1.54, 1.807) is 12.1 Å². The van der Waals surface area contributed by atoms with E-state index in [4.69, 9.17) is 17.3 Å². The molecule has 0 unspecified atom stereocenters. The Kier molecular flexibility index (Phi) is 4.28. The second-order valence-corrected chi connectivity index (χ2v) is 3.07. The molecule has 14 heavy (non-hydrogen) atoms. The zero-order valence-electron chi connectivity index (χ0n) is 7.53. The highest BCUT2D eigenvalue weighted by molar-refractivity contribution is 6.29. The van der Waals surface area contributed by atoms with Crippen molar-refractivity contribution in [1.29, 1.82) is 0 Å². The molecule has 1 rings (SSSR count). The van der Waals surface area contributed by atoms with Gasteiger partial charge in [-0.3, -0.25) is 4.79 Å². The Labute approximate surface area is 86.7 Å². The molecule has 6 heteroatoms. The average molecular weight is 215 g/mol. The van der Waals surface area contributed by atoms with Crippen LogP contribution in [0.15, 0.2) is 12.1 Å². The van der Waals surface area contributed by atoms with Gasteiger partial charge >= 0.3 is 0 Å². The lowest BCUT2D eigenvalue weighted by molar-refractivity contribution is -0.116. The second-order valence-electron chi connectivity index (χ2n) is 2.68. The lowest BCUT2D eigenvalue weighted by atomic mass is 10.3. The van der Waals surface area contributed by atoms with E-state index in [0.29, 0.717) is 30.4 Å². The van der Waals surface area contributed by atoms with Crippen LogP contribution in [0.2, 0.25) is 5.15 Å². The van der Waals surface area contributed by atoms with Gasteiger partial charge in [0.15, 0.2) is 11.0 Å². The summed E-state index contributed by atoms with van der Waals surface area (Å²) in [5.74, 6) is 0.281. The van der Waals surface area contributed by atoms with Crippen molar-refractivity contribution < 1.29 is 4.79 Å². The third kappa shape index (κ3) is 3.68. The van der Waals surface area contributed by atoms with Crippen LogP contribution in [0.5, 0.6) is 0 Å². The van der Waals surface area contributed by atoms with Crippen molar-refractivity contribution in [2.75, 3.05) is 11.9 Å². The zero-order valence-corrected chi connectivity index (χ0v) is 8.29. The van der Waals surface area contributed by atoms with Crippen molar-refractivity contribution >= 4 is 23.3 Å². The number of hydrogen-bond acceptors (Lipinski definition) is 4. The number of rotatable bonds is 4. The third-order valence-electron chi connectivity index (χ3n) is 1.51. The molecule has 0 aliphatic carbocycles. The normalized spacial score (nSPS) is 9.86. The van der Waals surface area contributed by atoms with Gasteiger partial charge in [-0.15, -0.1) is 10.2 Å². The lowest BCUT2D eigenvalue weighted by Crippen LogP contribution is -2.14. The Morgan fingerprint density at radius 2 is 2.29 bits per heavy atom. The number of halogens is 1. The maximum Gasteiger partial charge on any atom is 0.225 e. The highest BCUT2D eigenvalue weighted by atomic mass is 35.5. The van der Waals surface area contributed by atoms with Crippen LogP contribution < -0.4 is 11.1 Å². The van der Waals surface area contributed by atoms with E-state index < -0.39 is 0 Å². The largest absolute Gasteiger partial charge is 0.330 e. The summed E-state index contributed by atoms with van der Waals surface area (Å²) in [6, 6.07) is 3.16. The van der Waals surface area contributed by atoms with Crippen LogP contribution in [0.1, 0.15) is 12.8 Å². The van der Waals surface area contributed by atoms with Crippen molar-refractivity contribution in [3.05, 3.63) is 17.3 Å². The zero-order chi connectivity index (χ0) is 10.4. The fourth-order valence-corrected chi connectivity index (χ4v) is 0.951. The monoisotopic (exact) mass is 214 g/mol. The number of carbonyl (C=O) groups excluding carboxylic acids is 1. The summed E-state index contributed by atoms with van der Waals surface area (Å²) in [4.78, 5) is 11.2. The van der Waals surface area contributed by atoms with E-state index in [1.165, 1.54) is 0 Å². The summed E-state index contributed by atoms with van der Waals surface area (Å²) in [6.45, 7) is 0.500. The smallest absolute Gasteiger partial charge is 0.225 e. The van der Waals surface area contributed by atoms with Crippen LogP contribution >= 0.6 is 11.6 Å². The van der Waals surface area contributed by atoms with Gasteiger partial charge in [0.2, 0.25) is 5.91 Å². The van der Waals surface area contributed by atoms with Crippen molar-refractivity contribution in [2.24, 2.45) is 5.73 Å². The van der Waals surface area contributed by atoms with Crippen molar-refractivity contribution in [1.82, 2.24) is 10.2 Å². The minimum absolute atomic E-state index is 0.118. The molecule has 1 aromatic heterocycles. The maximum atomic E-state index is 11.2. The molecule has 1 amide bonds. The molecule has 0 radical (unpaired) electrons. The van der Waals surface area contributed by atoms with Gasteiger partial charge in [-0.2, -0.15) is 0 Å². The molecule has 0 saturated carbocycles. The van der Waals surface area contributed by atoms with Crippen LogP contribution in [-0.2, 0) is 4.79 Å². The van der Waals surface area contributed by atoms with Gasteiger partial charge in [0, 0.05) is 6.42 Å². The summed E-state index contributed by atoms with van der Waals surface area (Å²) in [7, 11) is 0. The molecule has 0 aromatic carbocycles. The Morgan fingerprint density at radius 1 is 1.50 bits per heavy atom. The number of anilines is 1. The first-order valence-electron chi connectivity index (χ1n) is 4.21. The van der Waals surface area contributed by atoms with Crippen LogP contribution in [0, 0.1) is 0 Å². The average Bonchev–Trinajstić information content (AvgIpc) is 2.18. The first-order chi connectivity index (χ1) is 6.72. The fraction of sp³-hybridized carbons (Fsp3) is 0.375. The van der Waals surface area contributed by atoms with Gasteiger partial charge in [0.1, 0.15) is 0 Å². The minimum Gasteiger partial charge on any atom is -0.330 e. The Balaban J connectivity index is 2.44. The summed E-state index contributed by atoms with van der Waals surface area (Å²) in [5, 5.41) is 10.1. The van der Waals surface area contributed by atoms with E-state index in [9.17, 15) is 4.79 Å². The molecular formula is C8H11ClN4O. The predicted molar refractivity (Wildman–Crippen MR) is 54.0 cm³/mol. The molecule has 1 aromatic rings. The van der Waals surface area contributed by atoms with Gasteiger partial charge in [-0.05, 0) is 25.1 Å². The third-order valence-corrected chi connectivity index (χ3v) is 1.71. The van der Waals surface area contributed by atoms with Crippen molar-refractivity contribution in [2.45, 2.75) is 12.8 Å². The number of nitrogens with one attached hydrogen (secondary N) is 1. The SMILES string of the molecule is NCCCC(=O)Nc1ccc(Cl)nn1. The molecule has 0 saturated heterocycles. The molecule has 5 nitrogen and oxygen atoms in total. The standard InChI is InChI=1S/C8H11ClN4O/c9-6-3-4-7(13-12-6)11-8(14)2-1-5-10/h3-4H,1-2,5,10H2,(H,11,13,14). The highest BCUT2D eigenvalue weighted by Crippen LogP contribution is 2.06. The highest BCUT2D eigenvalue weighted by Gasteiger charge is 2.02.